The van der Waals surface area contributed by atoms with Crippen molar-refractivity contribution in [3.63, 3.8) is 0 Å². The summed E-state index contributed by atoms with van der Waals surface area (Å²) in [6.07, 6.45) is 1.90. The highest BCUT2D eigenvalue weighted by atomic mass is 35.5. The Labute approximate surface area is 145 Å². The maximum Gasteiger partial charge on any atom is 0.387 e. The number of rotatable bonds is 7. The van der Waals surface area contributed by atoms with Gasteiger partial charge in [-0.05, 0) is 37.0 Å². The number of hydrogen-bond acceptors (Lipinski definition) is 4. The van der Waals surface area contributed by atoms with Crippen LogP contribution in [-0.2, 0) is 10.0 Å². The van der Waals surface area contributed by atoms with Crippen LogP contribution in [0, 0.1) is 5.92 Å². The summed E-state index contributed by atoms with van der Waals surface area (Å²) in [5.41, 5.74) is 5.66. The van der Waals surface area contributed by atoms with E-state index in [1.165, 1.54) is 17.4 Å². The van der Waals surface area contributed by atoms with Crippen molar-refractivity contribution in [1.82, 2.24) is 4.31 Å². The summed E-state index contributed by atoms with van der Waals surface area (Å²) < 4.78 is 54.9. The van der Waals surface area contributed by atoms with Crippen molar-refractivity contribution in [2.24, 2.45) is 11.7 Å². The van der Waals surface area contributed by atoms with Crippen LogP contribution in [0.4, 0.5) is 8.78 Å². The van der Waals surface area contributed by atoms with E-state index in [2.05, 4.69) is 4.74 Å². The molecule has 0 aliphatic heterocycles. The first-order valence-electron chi connectivity index (χ1n) is 6.70. The molecule has 1 aromatic rings. The molecule has 0 spiro atoms. The topological polar surface area (TPSA) is 72.6 Å². The maximum atomic E-state index is 12.6. The van der Waals surface area contributed by atoms with Gasteiger partial charge in [0.2, 0.25) is 10.0 Å². The van der Waals surface area contributed by atoms with Crippen molar-refractivity contribution in [1.29, 1.82) is 0 Å². The first-order valence-corrected chi connectivity index (χ1v) is 8.51. The molecule has 1 aromatic carbocycles. The van der Waals surface area contributed by atoms with Crippen molar-refractivity contribution in [3.05, 3.63) is 23.2 Å². The van der Waals surface area contributed by atoms with E-state index in [-0.39, 0.29) is 46.6 Å². The second-order valence-corrected chi connectivity index (χ2v) is 7.54. The Morgan fingerprint density at radius 3 is 2.48 bits per heavy atom. The molecule has 1 saturated carbocycles. The minimum absolute atomic E-state index is 0. The van der Waals surface area contributed by atoms with Crippen LogP contribution in [-0.4, -0.2) is 39.0 Å². The summed E-state index contributed by atoms with van der Waals surface area (Å²) in [7, 11) is -2.34. The molecule has 5 nitrogen and oxygen atoms in total. The van der Waals surface area contributed by atoms with Crippen molar-refractivity contribution >= 4 is 34.0 Å². The molecule has 1 atom stereocenters. The second kappa shape index (κ2) is 7.94. The molecular weight excluding hydrogens is 373 g/mol. The molecule has 2 N–H and O–H groups in total. The van der Waals surface area contributed by atoms with Crippen LogP contribution in [0.3, 0.4) is 0 Å². The van der Waals surface area contributed by atoms with Gasteiger partial charge in [0.15, 0.2) is 0 Å². The summed E-state index contributed by atoms with van der Waals surface area (Å²) in [6, 6.07) is 3.13. The van der Waals surface area contributed by atoms with Gasteiger partial charge in [0, 0.05) is 19.6 Å². The summed E-state index contributed by atoms with van der Waals surface area (Å²) in [5, 5.41) is -0.189. The fourth-order valence-electron chi connectivity index (χ4n) is 2.30. The van der Waals surface area contributed by atoms with Gasteiger partial charge < -0.3 is 10.5 Å². The molecule has 1 unspecified atom stereocenters. The van der Waals surface area contributed by atoms with Gasteiger partial charge in [0.25, 0.3) is 0 Å². The zero-order valence-corrected chi connectivity index (χ0v) is 14.7. The van der Waals surface area contributed by atoms with Crippen LogP contribution < -0.4 is 10.5 Å². The molecule has 1 fully saturated rings. The minimum atomic E-state index is -3.80. The van der Waals surface area contributed by atoms with Gasteiger partial charge in [0.05, 0.1) is 9.92 Å². The van der Waals surface area contributed by atoms with Gasteiger partial charge in [-0.1, -0.05) is 11.6 Å². The lowest BCUT2D eigenvalue weighted by molar-refractivity contribution is -0.0498. The van der Waals surface area contributed by atoms with E-state index in [9.17, 15) is 17.2 Å². The number of nitrogens with zero attached hydrogens (tertiary/aromatic N) is 1. The molecule has 0 radical (unpaired) electrons. The Morgan fingerprint density at radius 2 is 2.04 bits per heavy atom. The molecule has 0 saturated heterocycles. The summed E-state index contributed by atoms with van der Waals surface area (Å²) in [4.78, 5) is -0.0827. The van der Waals surface area contributed by atoms with Crippen LogP contribution in [0.5, 0.6) is 5.75 Å². The zero-order chi connectivity index (χ0) is 16.5. The number of alkyl halides is 2. The lowest BCUT2D eigenvalue weighted by Crippen LogP contribution is -2.43. The number of ether oxygens (including phenoxy) is 1. The van der Waals surface area contributed by atoms with E-state index >= 15 is 0 Å². The molecule has 0 heterocycles. The van der Waals surface area contributed by atoms with Crippen molar-refractivity contribution in [2.45, 2.75) is 30.4 Å². The molecule has 0 bridgehead atoms. The van der Waals surface area contributed by atoms with Crippen molar-refractivity contribution in [2.75, 3.05) is 13.6 Å². The minimum Gasteiger partial charge on any atom is -0.433 e. The molecular formula is C13H18Cl2F2N2O3S. The molecule has 10 heteroatoms. The lowest BCUT2D eigenvalue weighted by Gasteiger charge is -2.26. The molecule has 1 aliphatic rings. The van der Waals surface area contributed by atoms with Crippen LogP contribution >= 0.6 is 24.0 Å². The lowest BCUT2D eigenvalue weighted by atomic mass is 10.2. The number of halogens is 4. The predicted molar refractivity (Wildman–Crippen MR) is 85.8 cm³/mol. The Balaban J connectivity index is 0.00000264. The summed E-state index contributed by atoms with van der Waals surface area (Å²) in [6.45, 7) is -2.81. The first-order chi connectivity index (χ1) is 10.3. The van der Waals surface area contributed by atoms with Crippen LogP contribution in [0.25, 0.3) is 0 Å². The Morgan fingerprint density at radius 1 is 1.43 bits per heavy atom. The molecule has 2 rings (SSSR count). The third kappa shape index (κ3) is 4.67. The van der Waals surface area contributed by atoms with Gasteiger partial charge in [-0.2, -0.15) is 13.1 Å². The Hall–Kier alpha value is -0.670. The van der Waals surface area contributed by atoms with Crippen LogP contribution in [0.1, 0.15) is 12.8 Å². The number of benzene rings is 1. The van der Waals surface area contributed by atoms with Gasteiger partial charge in [-0.15, -0.1) is 12.4 Å². The number of hydrogen-bond donors (Lipinski definition) is 1. The molecule has 0 amide bonds. The average molecular weight is 391 g/mol. The fraction of sp³-hybridized carbons (Fsp3) is 0.538. The quantitative estimate of drug-likeness (QED) is 0.776. The van der Waals surface area contributed by atoms with Gasteiger partial charge in [0.1, 0.15) is 5.75 Å². The predicted octanol–water partition coefficient (Wildman–Crippen LogP) is 2.72. The highest BCUT2D eigenvalue weighted by Gasteiger charge is 2.38. The highest BCUT2D eigenvalue weighted by molar-refractivity contribution is 7.89. The first kappa shape index (κ1) is 20.4. The van der Waals surface area contributed by atoms with E-state index in [0.29, 0.717) is 0 Å². The smallest absolute Gasteiger partial charge is 0.387 e. The molecule has 132 valence electrons. The monoisotopic (exact) mass is 390 g/mol. The third-order valence-electron chi connectivity index (χ3n) is 3.67. The van der Waals surface area contributed by atoms with E-state index in [0.717, 1.165) is 25.0 Å². The number of sulfonamides is 1. The fourth-order valence-corrected chi connectivity index (χ4v) is 4.04. The highest BCUT2D eigenvalue weighted by Crippen LogP contribution is 2.37. The van der Waals surface area contributed by atoms with Crippen molar-refractivity contribution in [3.8, 4) is 5.75 Å². The Bertz CT molecular complexity index is 642. The second-order valence-electron chi connectivity index (χ2n) is 5.13. The normalized spacial score (nSPS) is 16.3. The maximum absolute atomic E-state index is 12.6. The van der Waals surface area contributed by atoms with E-state index in [1.807, 2.05) is 0 Å². The Kier molecular flexibility index (Phi) is 7.03. The molecule has 23 heavy (non-hydrogen) atoms. The van der Waals surface area contributed by atoms with Gasteiger partial charge in [-0.25, -0.2) is 8.42 Å². The average Bonchev–Trinajstić information content (AvgIpc) is 3.26. The van der Waals surface area contributed by atoms with E-state index in [4.69, 9.17) is 17.3 Å². The zero-order valence-electron chi connectivity index (χ0n) is 12.3. The van der Waals surface area contributed by atoms with Crippen LogP contribution in [0.2, 0.25) is 5.02 Å². The SMILES string of the molecule is CN(C(CN)C1CC1)S(=O)(=O)c1ccc(OC(F)F)c(Cl)c1.Cl. The summed E-state index contributed by atoms with van der Waals surface area (Å²) >= 11 is 5.81. The number of likely N-dealkylation sites (N-methyl/N-ethyl adjacent to an activating group) is 1. The largest absolute Gasteiger partial charge is 0.433 e. The number of nitrogens with two attached hydrogens (primary N) is 1. The van der Waals surface area contributed by atoms with Gasteiger partial charge >= 0.3 is 6.61 Å². The van der Waals surface area contributed by atoms with E-state index in [1.54, 1.807) is 0 Å². The standard InChI is InChI=1S/C13H17ClF2N2O3S.ClH/c1-18(11(7-17)8-2-3-8)22(19,20)9-4-5-12(10(14)6-9)21-13(15)16;/h4-6,8,11,13H,2-3,7,17H2,1H3;1H. The molecule has 0 aromatic heterocycles. The van der Waals surface area contributed by atoms with Crippen molar-refractivity contribution < 1.29 is 21.9 Å². The third-order valence-corrected chi connectivity index (χ3v) is 5.85. The summed E-state index contributed by atoms with van der Waals surface area (Å²) in [5.74, 6) is -0.00229. The molecule has 1 aliphatic carbocycles. The van der Waals surface area contributed by atoms with E-state index < -0.39 is 16.6 Å². The van der Waals surface area contributed by atoms with Crippen LogP contribution in [0.15, 0.2) is 23.1 Å². The van der Waals surface area contributed by atoms with Gasteiger partial charge in [-0.3, -0.25) is 0 Å².